The standard InChI is InChI=1S/C21H24N4O3/c22-20(27)15-7-6-12-25(13-15)14-19(26)24-18-11-5-4-10-17(18)21(28)23-16-8-2-1-3-9-16/h1-5,8-11,15H,6-7,12-14H2,(H2,22,27)(H,23,28)(H,24,26)/t15-/m0/s1. The number of amides is 3. The van der Waals surface area contributed by atoms with Gasteiger partial charge in [0.05, 0.1) is 23.7 Å². The van der Waals surface area contributed by atoms with E-state index in [4.69, 9.17) is 5.73 Å². The van der Waals surface area contributed by atoms with Gasteiger partial charge < -0.3 is 16.4 Å². The van der Waals surface area contributed by atoms with Gasteiger partial charge in [0.2, 0.25) is 11.8 Å². The minimum absolute atomic E-state index is 0.151. The fourth-order valence-electron chi connectivity index (χ4n) is 3.33. The number of carbonyl (C=O) groups is 3. The van der Waals surface area contributed by atoms with Gasteiger partial charge in [0.15, 0.2) is 0 Å². The van der Waals surface area contributed by atoms with Crippen LogP contribution in [0, 0.1) is 5.92 Å². The molecule has 1 atom stereocenters. The molecule has 3 rings (SSSR count). The van der Waals surface area contributed by atoms with E-state index in [1.807, 2.05) is 23.1 Å². The molecule has 1 saturated heterocycles. The molecule has 28 heavy (non-hydrogen) atoms. The minimum atomic E-state index is -0.326. The number of primary amides is 1. The quantitative estimate of drug-likeness (QED) is 0.713. The van der Waals surface area contributed by atoms with Crippen molar-refractivity contribution in [3.05, 3.63) is 60.2 Å². The molecule has 1 heterocycles. The highest BCUT2D eigenvalue weighted by Gasteiger charge is 2.25. The van der Waals surface area contributed by atoms with Gasteiger partial charge in [-0.1, -0.05) is 30.3 Å². The third-order valence-electron chi connectivity index (χ3n) is 4.75. The first-order valence-corrected chi connectivity index (χ1v) is 9.30. The Kier molecular flexibility index (Phi) is 6.39. The lowest BCUT2D eigenvalue weighted by Gasteiger charge is -2.30. The SMILES string of the molecule is NC(=O)[C@H]1CCCN(CC(=O)Nc2ccccc2C(=O)Nc2ccccc2)C1. The maximum absolute atomic E-state index is 12.6. The first-order valence-electron chi connectivity index (χ1n) is 9.30. The number of nitrogens with zero attached hydrogens (tertiary/aromatic N) is 1. The van der Waals surface area contributed by atoms with E-state index in [9.17, 15) is 14.4 Å². The molecule has 0 radical (unpaired) electrons. The van der Waals surface area contributed by atoms with Crippen LogP contribution in [0.2, 0.25) is 0 Å². The highest BCUT2D eigenvalue weighted by Crippen LogP contribution is 2.19. The molecule has 1 aliphatic rings. The molecule has 2 aromatic rings. The van der Waals surface area contributed by atoms with Crippen LogP contribution in [0.3, 0.4) is 0 Å². The van der Waals surface area contributed by atoms with Crippen LogP contribution in [-0.2, 0) is 9.59 Å². The molecule has 2 aromatic carbocycles. The van der Waals surface area contributed by atoms with E-state index in [1.165, 1.54) is 0 Å². The highest BCUT2D eigenvalue weighted by molar-refractivity contribution is 6.10. The molecular weight excluding hydrogens is 356 g/mol. The second-order valence-electron chi connectivity index (χ2n) is 6.89. The van der Waals surface area contributed by atoms with Crippen molar-refractivity contribution in [3.63, 3.8) is 0 Å². The molecule has 0 saturated carbocycles. The smallest absolute Gasteiger partial charge is 0.257 e. The molecule has 146 valence electrons. The van der Waals surface area contributed by atoms with Gasteiger partial charge in [0.1, 0.15) is 0 Å². The summed E-state index contributed by atoms with van der Waals surface area (Å²) in [7, 11) is 0. The lowest BCUT2D eigenvalue weighted by Crippen LogP contribution is -2.44. The molecule has 0 bridgehead atoms. The summed E-state index contributed by atoms with van der Waals surface area (Å²) in [6.07, 6.45) is 1.59. The maximum atomic E-state index is 12.6. The number of carbonyl (C=O) groups excluding carboxylic acids is 3. The fourth-order valence-corrected chi connectivity index (χ4v) is 3.33. The summed E-state index contributed by atoms with van der Waals surface area (Å²) in [6, 6.07) is 16.0. The first kappa shape index (κ1) is 19.6. The molecule has 0 spiro atoms. The summed E-state index contributed by atoms with van der Waals surface area (Å²) in [5.74, 6) is -1.07. The Morgan fingerprint density at radius 2 is 1.71 bits per heavy atom. The Bertz CT molecular complexity index is 854. The van der Waals surface area contributed by atoms with E-state index >= 15 is 0 Å². The summed E-state index contributed by atoms with van der Waals surface area (Å²) in [4.78, 5) is 38.4. The Morgan fingerprint density at radius 1 is 1.00 bits per heavy atom. The third kappa shape index (κ3) is 5.17. The lowest BCUT2D eigenvalue weighted by atomic mass is 9.97. The van der Waals surface area contributed by atoms with Gasteiger partial charge in [0, 0.05) is 12.2 Å². The average molecular weight is 380 g/mol. The van der Waals surface area contributed by atoms with Gasteiger partial charge in [-0.25, -0.2) is 0 Å². The Morgan fingerprint density at radius 3 is 2.46 bits per heavy atom. The molecule has 0 aromatic heterocycles. The number of hydrogen-bond donors (Lipinski definition) is 3. The van der Waals surface area contributed by atoms with Crippen molar-refractivity contribution in [2.24, 2.45) is 11.7 Å². The van der Waals surface area contributed by atoms with Crippen LogP contribution >= 0.6 is 0 Å². The van der Waals surface area contributed by atoms with Crippen molar-refractivity contribution >= 4 is 29.1 Å². The van der Waals surface area contributed by atoms with Crippen LogP contribution in [0.4, 0.5) is 11.4 Å². The summed E-state index contributed by atoms with van der Waals surface area (Å²) in [6.45, 7) is 1.38. The molecule has 3 amide bonds. The molecular formula is C21H24N4O3. The average Bonchev–Trinajstić information content (AvgIpc) is 2.69. The van der Waals surface area contributed by atoms with E-state index in [0.29, 0.717) is 23.5 Å². The van der Waals surface area contributed by atoms with E-state index in [1.54, 1.807) is 36.4 Å². The van der Waals surface area contributed by atoms with E-state index in [-0.39, 0.29) is 30.2 Å². The molecule has 4 N–H and O–H groups in total. The summed E-state index contributed by atoms with van der Waals surface area (Å²) in [5, 5.41) is 5.63. The van der Waals surface area contributed by atoms with Crippen molar-refractivity contribution in [1.82, 2.24) is 4.90 Å². The van der Waals surface area contributed by atoms with E-state index in [2.05, 4.69) is 10.6 Å². The Hall–Kier alpha value is -3.19. The molecule has 0 aliphatic carbocycles. The van der Waals surface area contributed by atoms with Crippen molar-refractivity contribution in [2.45, 2.75) is 12.8 Å². The zero-order valence-corrected chi connectivity index (χ0v) is 15.6. The highest BCUT2D eigenvalue weighted by atomic mass is 16.2. The van der Waals surface area contributed by atoms with Gasteiger partial charge in [0.25, 0.3) is 5.91 Å². The monoisotopic (exact) mass is 380 g/mol. The van der Waals surface area contributed by atoms with Crippen LogP contribution in [0.15, 0.2) is 54.6 Å². The topological polar surface area (TPSA) is 105 Å². The number of likely N-dealkylation sites (tertiary alicyclic amines) is 1. The van der Waals surface area contributed by atoms with Crippen LogP contribution in [0.1, 0.15) is 23.2 Å². The number of para-hydroxylation sites is 2. The zero-order chi connectivity index (χ0) is 19.9. The normalized spacial score (nSPS) is 16.9. The van der Waals surface area contributed by atoms with Gasteiger partial charge in [-0.05, 0) is 43.7 Å². The van der Waals surface area contributed by atoms with Crippen molar-refractivity contribution < 1.29 is 14.4 Å². The number of hydrogen-bond acceptors (Lipinski definition) is 4. The number of benzene rings is 2. The van der Waals surface area contributed by atoms with E-state index in [0.717, 1.165) is 19.4 Å². The van der Waals surface area contributed by atoms with Gasteiger partial charge in [-0.15, -0.1) is 0 Å². The Balaban J connectivity index is 1.63. The van der Waals surface area contributed by atoms with Crippen molar-refractivity contribution in [2.75, 3.05) is 30.3 Å². The minimum Gasteiger partial charge on any atom is -0.369 e. The summed E-state index contributed by atoms with van der Waals surface area (Å²) < 4.78 is 0. The lowest BCUT2D eigenvalue weighted by molar-refractivity contribution is -0.125. The van der Waals surface area contributed by atoms with Crippen molar-refractivity contribution in [1.29, 1.82) is 0 Å². The van der Waals surface area contributed by atoms with Crippen LogP contribution < -0.4 is 16.4 Å². The third-order valence-corrected chi connectivity index (χ3v) is 4.75. The predicted molar refractivity (Wildman–Crippen MR) is 108 cm³/mol. The fraction of sp³-hybridized carbons (Fsp3) is 0.286. The van der Waals surface area contributed by atoms with Crippen LogP contribution in [0.5, 0.6) is 0 Å². The number of piperidine rings is 1. The second-order valence-corrected chi connectivity index (χ2v) is 6.89. The zero-order valence-electron chi connectivity index (χ0n) is 15.6. The number of rotatable bonds is 6. The molecule has 1 fully saturated rings. The van der Waals surface area contributed by atoms with Gasteiger partial charge in [-0.3, -0.25) is 19.3 Å². The van der Waals surface area contributed by atoms with Crippen molar-refractivity contribution in [3.8, 4) is 0 Å². The number of nitrogens with one attached hydrogen (secondary N) is 2. The van der Waals surface area contributed by atoms with Gasteiger partial charge >= 0.3 is 0 Å². The van der Waals surface area contributed by atoms with Gasteiger partial charge in [-0.2, -0.15) is 0 Å². The molecule has 7 heteroatoms. The van der Waals surface area contributed by atoms with Crippen LogP contribution in [0.25, 0.3) is 0 Å². The second kappa shape index (κ2) is 9.14. The molecule has 0 unspecified atom stereocenters. The largest absolute Gasteiger partial charge is 0.369 e. The van der Waals surface area contributed by atoms with Crippen LogP contribution in [-0.4, -0.2) is 42.3 Å². The summed E-state index contributed by atoms with van der Waals surface area (Å²) in [5.41, 5.74) is 6.90. The Labute approximate surface area is 163 Å². The molecule has 1 aliphatic heterocycles. The number of nitrogens with two attached hydrogens (primary N) is 1. The first-order chi connectivity index (χ1) is 13.5. The maximum Gasteiger partial charge on any atom is 0.257 e. The predicted octanol–water partition coefficient (Wildman–Crippen LogP) is 2.07. The number of anilines is 2. The van der Waals surface area contributed by atoms with E-state index < -0.39 is 0 Å². The molecule has 7 nitrogen and oxygen atoms in total. The summed E-state index contributed by atoms with van der Waals surface area (Å²) >= 11 is 0.